The Kier molecular flexibility index (Phi) is 2.63. The summed E-state index contributed by atoms with van der Waals surface area (Å²) in [4.78, 5) is 11.0. The standard InChI is InChI=1S/C14H17NO2/c16-14(17)12-6-11-5-9-3-1-2-4-10(9)7-13(11)15-8-12/h1-4,11-13,15H,5-8H2,(H,16,17)/t11-,12+,13+/m0/s1. The van der Waals surface area contributed by atoms with E-state index in [0.29, 0.717) is 18.5 Å². The second kappa shape index (κ2) is 4.15. The molecule has 0 bridgehead atoms. The van der Waals surface area contributed by atoms with Crippen LogP contribution in [0.5, 0.6) is 0 Å². The number of rotatable bonds is 1. The van der Waals surface area contributed by atoms with Crippen LogP contribution in [0.1, 0.15) is 17.5 Å². The third kappa shape index (κ3) is 1.95. The maximum Gasteiger partial charge on any atom is 0.307 e. The van der Waals surface area contributed by atoms with E-state index in [4.69, 9.17) is 5.11 Å². The minimum Gasteiger partial charge on any atom is -0.481 e. The van der Waals surface area contributed by atoms with Gasteiger partial charge in [-0.15, -0.1) is 0 Å². The van der Waals surface area contributed by atoms with Crippen LogP contribution in [0, 0.1) is 11.8 Å². The van der Waals surface area contributed by atoms with E-state index >= 15 is 0 Å². The molecule has 0 aromatic heterocycles. The second-order valence-electron chi connectivity index (χ2n) is 5.22. The first-order valence-corrected chi connectivity index (χ1v) is 6.27. The fraction of sp³-hybridized carbons (Fsp3) is 0.500. The van der Waals surface area contributed by atoms with Crippen LogP contribution < -0.4 is 5.32 Å². The molecule has 3 heteroatoms. The van der Waals surface area contributed by atoms with Crippen molar-refractivity contribution in [3.05, 3.63) is 35.4 Å². The number of carboxylic acid groups (broad SMARTS) is 1. The molecule has 1 fully saturated rings. The molecule has 90 valence electrons. The molecule has 1 aromatic rings. The summed E-state index contributed by atoms with van der Waals surface area (Å²) >= 11 is 0. The third-order valence-electron chi connectivity index (χ3n) is 4.17. The zero-order valence-corrected chi connectivity index (χ0v) is 9.73. The highest BCUT2D eigenvalue weighted by molar-refractivity contribution is 5.70. The Morgan fingerprint density at radius 2 is 1.94 bits per heavy atom. The molecule has 1 heterocycles. The van der Waals surface area contributed by atoms with Gasteiger partial charge < -0.3 is 10.4 Å². The maximum absolute atomic E-state index is 11.0. The topological polar surface area (TPSA) is 49.3 Å². The lowest BCUT2D eigenvalue weighted by atomic mass is 9.73. The molecule has 1 aliphatic heterocycles. The van der Waals surface area contributed by atoms with Crippen molar-refractivity contribution in [1.82, 2.24) is 5.32 Å². The SMILES string of the molecule is O=C(O)[C@H]1CN[C@@H]2Cc3ccccc3C[C@H]2C1. The monoisotopic (exact) mass is 231 g/mol. The molecule has 1 aliphatic carbocycles. The Morgan fingerprint density at radius 1 is 1.24 bits per heavy atom. The van der Waals surface area contributed by atoms with Gasteiger partial charge in [0.15, 0.2) is 0 Å². The van der Waals surface area contributed by atoms with E-state index in [-0.39, 0.29) is 5.92 Å². The van der Waals surface area contributed by atoms with Crippen LogP contribution in [0.3, 0.4) is 0 Å². The molecule has 2 aliphatic rings. The normalized spacial score (nSPS) is 31.4. The van der Waals surface area contributed by atoms with Crippen molar-refractivity contribution in [2.45, 2.75) is 25.3 Å². The van der Waals surface area contributed by atoms with Crippen LogP contribution in [0.4, 0.5) is 0 Å². The fourth-order valence-electron chi connectivity index (χ4n) is 3.20. The van der Waals surface area contributed by atoms with Gasteiger partial charge in [-0.3, -0.25) is 4.79 Å². The number of hydrogen-bond donors (Lipinski definition) is 2. The minimum absolute atomic E-state index is 0.207. The Bertz CT molecular complexity index is 444. The van der Waals surface area contributed by atoms with E-state index in [2.05, 4.69) is 29.6 Å². The molecule has 3 atom stereocenters. The van der Waals surface area contributed by atoms with Gasteiger partial charge in [-0.2, -0.15) is 0 Å². The van der Waals surface area contributed by atoms with Crippen LogP contribution in [0.15, 0.2) is 24.3 Å². The Morgan fingerprint density at radius 3 is 2.65 bits per heavy atom. The van der Waals surface area contributed by atoms with Crippen LogP contribution in [-0.2, 0) is 17.6 Å². The molecule has 0 radical (unpaired) electrons. The van der Waals surface area contributed by atoms with Gasteiger partial charge in [0.25, 0.3) is 0 Å². The first-order chi connectivity index (χ1) is 8.24. The van der Waals surface area contributed by atoms with Crippen molar-refractivity contribution in [2.24, 2.45) is 11.8 Å². The Balaban J connectivity index is 1.81. The van der Waals surface area contributed by atoms with Gasteiger partial charge in [-0.05, 0) is 36.3 Å². The molecule has 0 saturated carbocycles. The van der Waals surface area contributed by atoms with Gasteiger partial charge >= 0.3 is 5.97 Å². The highest BCUT2D eigenvalue weighted by atomic mass is 16.4. The van der Waals surface area contributed by atoms with E-state index in [1.54, 1.807) is 0 Å². The number of benzene rings is 1. The molecule has 0 amide bonds. The van der Waals surface area contributed by atoms with E-state index in [1.165, 1.54) is 11.1 Å². The zero-order valence-electron chi connectivity index (χ0n) is 9.73. The van der Waals surface area contributed by atoms with Crippen LogP contribution in [0.25, 0.3) is 0 Å². The molecule has 3 nitrogen and oxygen atoms in total. The summed E-state index contributed by atoms with van der Waals surface area (Å²) in [7, 11) is 0. The molecule has 3 rings (SSSR count). The largest absolute Gasteiger partial charge is 0.481 e. The van der Waals surface area contributed by atoms with E-state index < -0.39 is 5.97 Å². The van der Waals surface area contributed by atoms with Crippen LogP contribution in [-0.4, -0.2) is 23.7 Å². The molecular formula is C14H17NO2. The smallest absolute Gasteiger partial charge is 0.307 e. The fourth-order valence-corrected chi connectivity index (χ4v) is 3.20. The number of fused-ring (bicyclic) bond motifs is 2. The van der Waals surface area contributed by atoms with Gasteiger partial charge in [0.1, 0.15) is 0 Å². The molecule has 0 unspecified atom stereocenters. The van der Waals surface area contributed by atoms with E-state index in [0.717, 1.165) is 19.3 Å². The van der Waals surface area contributed by atoms with Gasteiger partial charge in [0, 0.05) is 12.6 Å². The van der Waals surface area contributed by atoms with Crippen LogP contribution >= 0.6 is 0 Å². The van der Waals surface area contributed by atoms with Crippen molar-refractivity contribution in [1.29, 1.82) is 0 Å². The van der Waals surface area contributed by atoms with Crippen molar-refractivity contribution in [3.8, 4) is 0 Å². The van der Waals surface area contributed by atoms with Gasteiger partial charge in [-0.1, -0.05) is 24.3 Å². The average Bonchev–Trinajstić information content (AvgIpc) is 2.35. The van der Waals surface area contributed by atoms with E-state index in [1.807, 2.05) is 0 Å². The Hall–Kier alpha value is -1.35. The Labute approximate surface area is 101 Å². The molecule has 2 N–H and O–H groups in total. The van der Waals surface area contributed by atoms with Crippen molar-refractivity contribution in [3.63, 3.8) is 0 Å². The summed E-state index contributed by atoms with van der Waals surface area (Å²) < 4.78 is 0. The number of carboxylic acids is 1. The number of piperidine rings is 1. The number of nitrogens with one attached hydrogen (secondary N) is 1. The predicted octanol–water partition coefficient (Wildman–Crippen LogP) is 1.46. The lowest BCUT2D eigenvalue weighted by Gasteiger charge is -2.39. The number of aliphatic carboxylic acids is 1. The molecule has 1 aromatic carbocycles. The average molecular weight is 231 g/mol. The molecule has 17 heavy (non-hydrogen) atoms. The molecular weight excluding hydrogens is 214 g/mol. The summed E-state index contributed by atoms with van der Waals surface area (Å²) in [5.41, 5.74) is 2.83. The first-order valence-electron chi connectivity index (χ1n) is 6.27. The van der Waals surface area contributed by atoms with Gasteiger partial charge in [-0.25, -0.2) is 0 Å². The number of carbonyl (C=O) groups is 1. The summed E-state index contributed by atoms with van der Waals surface area (Å²) in [5.74, 6) is -0.379. The minimum atomic E-state index is -0.658. The maximum atomic E-state index is 11.0. The van der Waals surface area contributed by atoms with Crippen molar-refractivity contribution >= 4 is 5.97 Å². The summed E-state index contributed by atoms with van der Waals surface area (Å²) in [6.45, 7) is 0.624. The predicted molar refractivity (Wildman–Crippen MR) is 64.9 cm³/mol. The van der Waals surface area contributed by atoms with E-state index in [9.17, 15) is 4.79 Å². The highest BCUT2D eigenvalue weighted by Crippen LogP contribution is 2.32. The zero-order chi connectivity index (χ0) is 11.8. The summed E-state index contributed by atoms with van der Waals surface area (Å²) in [6, 6.07) is 9.00. The lowest BCUT2D eigenvalue weighted by Crippen LogP contribution is -2.50. The van der Waals surface area contributed by atoms with Gasteiger partial charge in [0.2, 0.25) is 0 Å². The van der Waals surface area contributed by atoms with Crippen molar-refractivity contribution < 1.29 is 9.90 Å². The molecule has 0 spiro atoms. The summed E-state index contributed by atoms with van der Waals surface area (Å²) in [6.07, 6.45) is 2.89. The third-order valence-corrected chi connectivity index (χ3v) is 4.17. The summed E-state index contributed by atoms with van der Waals surface area (Å²) in [5, 5.41) is 12.5. The molecule has 1 saturated heterocycles. The van der Waals surface area contributed by atoms with Crippen LogP contribution in [0.2, 0.25) is 0 Å². The van der Waals surface area contributed by atoms with Gasteiger partial charge in [0.05, 0.1) is 5.92 Å². The highest BCUT2D eigenvalue weighted by Gasteiger charge is 2.36. The lowest BCUT2D eigenvalue weighted by molar-refractivity contribution is -0.143. The van der Waals surface area contributed by atoms with Crippen molar-refractivity contribution in [2.75, 3.05) is 6.54 Å². The first kappa shape index (κ1) is 10.8. The quantitative estimate of drug-likeness (QED) is 0.769. The second-order valence-corrected chi connectivity index (χ2v) is 5.22. The number of hydrogen-bond acceptors (Lipinski definition) is 2.